The molecule has 0 aliphatic carbocycles. The van der Waals surface area contributed by atoms with Crippen molar-refractivity contribution in [3.05, 3.63) is 25.3 Å². The molecule has 0 aromatic rings. The third-order valence-corrected chi connectivity index (χ3v) is 1.38. The van der Waals surface area contributed by atoms with Gasteiger partial charge in [-0.05, 0) is 12.8 Å². The molecule has 2 nitrogen and oxygen atoms in total. The highest BCUT2D eigenvalue weighted by atomic mass is 16.3. The van der Waals surface area contributed by atoms with Crippen molar-refractivity contribution in [3.8, 4) is 0 Å². The number of aliphatic hydroxyl groups excluding tert-OH is 2. The average molecular weight is 172 g/mol. The van der Waals surface area contributed by atoms with Crippen LogP contribution in [0.1, 0.15) is 26.7 Å². The molecule has 2 atom stereocenters. The van der Waals surface area contributed by atoms with E-state index in [0.29, 0.717) is 0 Å². The highest BCUT2D eigenvalue weighted by Gasteiger charge is 1.86. The van der Waals surface area contributed by atoms with Gasteiger partial charge in [-0.25, -0.2) is 0 Å². The van der Waals surface area contributed by atoms with Crippen LogP contribution in [0.4, 0.5) is 0 Å². The molecule has 0 saturated heterocycles. The molecule has 0 rings (SSSR count). The van der Waals surface area contributed by atoms with Gasteiger partial charge in [0.15, 0.2) is 0 Å². The largest absolute Gasteiger partial charge is 0.389 e. The molecule has 2 unspecified atom stereocenters. The Morgan fingerprint density at radius 1 is 1.00 bits per heavy atom. The topological polar surface area (TPSA) is 40.5 Å². The van der Waals surface area contributed by atoms with Crippen molar-refractivity contribution in [2.24, 2.45) is 0 Å². The maximum atomic E-state index is 8.55. The van der Waals surface area contributed by atoms with Crippen LogP contribution in [0.5, 0.6) is 0 Å². The molecule has 0 amide bonds. The van der Waals surface area contributed by atoms with Crippen molar-refractivity contribution in [3.63, 3.8) is 0 Å². The second-order valence-corrected chi connectivity index (χ2v) is 2.42. The van der Waals surface area contributed by atoms with E-state index in [9.17, 15) is 0 Å². The zero-order chi connectivity index (χ0) is 9.98. The summed E-state index contributed by atoms with van der Waals surface area (Å²) in [6.07, 6.45) is 3.99. The van der Waals surface area contributed by atoms with E-state index in [4.69, 9.17) is 10.2 Å². The minimum Gasteiger partial charge on any atom is -0.389 e. The van der Waals surface area contributed by atoms with Gasteiger partial charge in [-0.2, -0.15) is 0 Å². The fourth-order valence-corrected chi connectivity index (χ4v) is 0.333. The summed E-state index contributed by atoms with van der Waals surface area (Å²) < 4.78 is 0. The third kappa shape index (κ3) is 12.1. The van der Waals surface area contributed by atoms with E-state index in [0.717, 1.165) is 12.8 Å². The molecule has 0 aliphatic rings. The average Bonchev–Trinajstić information content (AvgIpc) is 2.16. The van der Waals surface area contributed by atoms with Crippen molar-refractivity contribution in [1.82, 2.24) is 0 Å². The molecule has 0 aliphatic heterocycles. The Labute approximate surface area is 75.2 Å². The van der Waals surface area contributed by atoms with Gasteiger partial charge >= 0.3 is 0 Å². The van der Waals surface area contributed by atoms with Crippen LogP contribution in [0.3, 0.4) is 0 Å². The highest BCUT2D eigenvalue weighted by molar-refractivity contribution is 4.75. The lowest BCUT2D eigenvalue weighted by Crippen LogP contribution is -1.95. The number of hydrogen-bond acceptors (Lipinski definition) is 2. The van der Waals surface area contributed by atoms with Gasteiger partial charge in [0.25, 0.3) is 0 Å². The van der Waals surface area contributed by atoms with Gasteiger partial charge in [-0.1, -0.05) is 26.0 Å². The first-order valence-electron chi connectivity index (χ1n) is 4.23. The molecule has 72 valence electrons. The molecule has 2 heteroatoms. The Kier molecular flexibility index (Phi) is 12.1. The SMILES string of the molecule is C=CC(O)CC.C=CC(O)CC. The van der Waals surface area contributed by atoms with Gasteiger partial charge in [0.05, 0.1) is 12.2 Å². The smallest absolute Gasteiger partial charge is 0.0715 e. The van der Waals surface area contributed by atoms with Crippen molar-refractivity contribution in [2.45, 2.75) is 38.9 Å². The van der Waals surface area contributed by atoms with Crippen LogP contribution in [0.15, 0.2) is 25.3 Å². The molecule has 0 aromatic heterocycles. The third-order valence-electron chi connectivity index (χ3n) is 1.38. The molecule has 0 saturated carbocycles. The molecule has 0 radical (unpaired) electrons. The van der Waals surface area contributed by atoms with Gasteiger partial charge < -0.3 is 10.2 Å². The zero-order valence-electron chi connectivity index (χ0n) is 8.03. The summed E-state index contributed by atoms with van der Waals surface area (Å²) in [4.78, 5) is 0. The minimum atomic E-state index is -0.301. The predicted molar refractivity (Wildman–Crippen MR) is 53.0 cm³/mol. The lowest BCUT2D eigenvalue weighted by molar-refractivity contribution is 0.219. The Bertz CT molecular complexity index is 96.4. The summed E-state index contributed by atoms with van der Waals surface area (Å²) in [6.45, 7) is 10.6. The first-order chi connectivity index (χ1) is 5.62. The van der Waals surface area contributed by atoms with Gasteiger partial charge in [0.1, 0.15) is 0 Å². The van der Waals surface area contributed by atoms with E-state index >= 15 is 0 Å². The van der Waals surface area contributed by atoms with E-state index in [1.165, 1.54) is 12.2 Å². The summed E-state index contributed by atoms with van der Waals surface area (Å²) in [5.74, 6) is 0. The van der Waals surface area contributed by atoms with Gasteiger partial charge in [-0.15, -0.1) is 13.2 Å². The molecule has 0 fully saturated rings. The normalized spacial score (nSPS) is 13.7. The molecular formula is C10H20O2. The lowest BCUT2D eigenvalue weighted by atomic mass is 10.3. The molecule has 12 heavy (non-hydrogen) atoms. The van der Waals surface area contributed by atoms with Gasteiger partial charge in [0, 0.05) is 0 Å². The monoisotopic (exact) mass is 172 g/mol. The van der Waals surface area contributed by atoms with Crippen LogP contribution >= 0.6 is 0 Å². The summed E-state index contributed by atoms with van der Waals surface area (Å²) >= 11 is 0. The number of rotatable bonds is 4. The van der Waals surface area contributed by atoms with Crippen LogP contribution in [-0.4, -0.2) is 22.4 Å². The van der Waals surface area contributed by atoms with E-state index in [2.05, 4.69) is 13.2 Å². The summed E-state index contributed by atoms with van der Waals surface area (Å²) in [7, 11) is 0. The zero-order valence-corrected chi connectivity index (χ0v) is 8.03. The van der Waals surface area contributed by atoms with Crippen molar-refractivity contribution in [2.75, 3.05) is 0 Å². The van der Waals surface area contributed by atoms with E-state index in [-0.39, 0.29) is 12.2 Å². The molecule has 0 bridgehead atoms. The van der Waals surface area contributed by atoms with Crippen LogP contribution in [-0.2, 0) is 0 Å². The molecule has 2 N–H and O–H groups in total. The first kappa shape index (κ1) is 14.0. The predicted octanol–water partition coefficient (Wildman–Crippen LogP) is 1.89. The first-order valence-corrected chi connectivity index (χ1v) is 4.23. The van der Waals surface area contributed by atoms with Crippen LogP contribution in [0.2, 0.25) is 0 Å². The fraction of sp³-hybridized carbons (Fsp3) is 0.600. The summed E-state index contributed by atoms with van der Waals surface area (Å²) in [5, 5.41) is 17.1. The summed E-state index contributed by atoms with van der Waals surface area (Å²) in [6, 6.07) is 0. The maximum absolute atomic E-state index is 8.55. The molecule has 0 heterocycles. The molecule has 0 aromatic carbocycles. The number of hydrogen-bond donors (Lipinski definition) is 2. The second-order valence-electron chi connectivity index (χ2n) is 2.42. The Morgan fingerprint density at radius 2 is 1.25 bits per heavy atom. The van der Waals surface area contributed by atoms with Crippen molar-refractivity contribution < 1.29 is 10.2 Å². The van der Waals surface area contributed by atoms with E-state index in [1.807, 2.05) is 13.8 Å². The Balaban J connectivity index is 0. The van der Waals surface area contributed by atoms with E-state index in [1.54, 1.807) is 0 Å². The van der Waals surface area contributed by atoms with Gasteiger partial charge in [0.2, 0.25) is 0 Å². The molecule has 0 spiro atoms. The standard InChI is InChI=1S/2C5H10O/c2*1-3-5(6)4-2/h2*3,5-6H,1,4H2,2H3. The quantitative estimate of drug-likeness (QED) is 0.636. The second kappa shape index (κ2) is 10.4. The minimum absolute atomic E-state index is 0.301. The Morgan fingerprint density at radius 3 is 1.25 bits per heavy atom. The Hall–Kier alpha value is -0.600. The van der Waals surface area contributed by atoms with Crippen molar-refractivity contribution >= 4 is 0 Å². The maximum Gasteiger partial charge on any atom is 0.0715 e. The summed E-state index contributed by atoms with van der Waals surface area (Å²) in [5.41, 5.74) is 0. The van der Waals surface area contributed by atoms with Gasteiger partial charge in [-0.3, -0.25) is 0 Å². The van der Waals surface area contributed by atoms with Crippen molar-refractivity contribution in [1.29, 1.82) is 0 Å². The fourth-order valence-electron chi connectivity index (χ4n) is 0.333. The lowest BCUT2D eigenvalue weighted by Gasteiger charge is -1.93. The van der Waals surface area contributed by atoms with Crippen LogP contribution in [0, 0.1) is 0 Å². The highest BCUT2D eigenvalue weighted by Crippen LogP contribution is 1.86. The molecular weight excluding hydrogens is 152 g/mol. The van der Waals surface area contributed by atoms with E-state index < -0.39 is 0 Å². The van der Waals surface area contributed by atoms with Crippen LogP contribution in [0.25, 0.3) is 0 Å². The number of aliphatic hydroxyl groups is 2. The van der Waals surface area contributed by atoms with Crippen LogP contribution < -0.4 is 0 Å².